The Bertz CT molecular complexity index is 1590. The topological polar surface area (TPSA) is 6.48 Å². The minimum absolute atomic E-state index is 0.00861. The van der Waals surface area contributed by atoms with E-state index in [-0.39, 0.29) is 10.8 Å². The third-order valence-corrected chi connectivity index (χ3v) is 9.03. The summed E-state index contributed by atoms with van der Waals surface area (Å²) in [4.78, 5) is 5.15. The summed E-state index contributed by atoms with van der Waals surface area (Å²) in [6.45, 7) is 16.2. The van der Waals surface area contributed by atoms with E-state index in [1.807, 2.05) is 0 Å². The van der Waals surface area contributed by atoms with Crippen LogP contribution in [0.5, 0.6) is 0 Å². The maximum atomic E-state index is 2.59. The van der Waals surface area contributed by atoms with E-state index >= 15 is 0 Å². The molecule has 0 spiro atoms. The van der Waals surface area contributed by atoms with Gasteiger partial charge in [0.05, 0.1) is 6.04 Å². The summed E-state index contributed by atoms with van der Waals surface area (Å²) in [7, 11) is 0. The summed E-state index contributed by atoms with van der Waals surface area (Å²) in [6, 6.07) is 27.2. The van der Waals surface area contributed by atoms with Crippen LogP contribution in [0.15, 0.2) is 96.7 Å². The van der Waals surface area contributed by atoms with Gasteiger partial charge in [-0.2, -0.15) is 0 Å². The molecule has 0 N–H and O–H groups in total. The van der Waals surface area contributed by atoms with Crippen molar-refractivity contribution < 1.29 is 0 Å². The summed E-state index contributed by atoms with van der Waals surface area (Å²) in [5.41, 5.74) is 7.02. The number of allylic oxidation sites excluding steroid dienone is 3. The van der Waals surface area contributed by atoms with Gasteiger partial charge in [0.1, 0.15) is 0 Å². The minimum atomic E-state index is -0.0650. The molecule has 2 nitrogen and oxygen atoms in total. The predicted molar refractivity (Wildman–Crippen MR) is 166 cm³/mol. The highest BCUT2D eigenvalue weighted by Crippen LogP contribution is 2.51. The average molecular weight is 501 g/mol. The lowest BCUT2D eigenvalue weighted by Crippen LogP contribution is -2.39. The SMILES string of the molecule is CCCN1/C(=C/C=C/C2N(CC)c3ccc4ccccc4c3C2(C)C)C(C)(C)c2c1ccc1ccccc21. The fraction of sp³-hybridized carbons (Fsp3) is 0.333. The van der Waals surface area contributed by atoms with Crippen LogP contribution in [0.2, 0.25) is 0 Å². The summed E-state index contributed by atoms with van der Waals surface area (Å²) < 4.78 is 0. The standard InChI is InChI=1S/C36H40N2/c1-7-24-38-30-23-21-26-15-10-12-17-28(26)34(30)36(5,6)32(38)19-13-18-31-35(3,4)33-27-16-11-9-14-25(27)20-22-29(33)37(31)8-2/h9-23,31H,7-8,24H2,1-6H3/b18-13+,32-19+. The second kappa shape index (κ2) is 9.05. The second-order valence-electron chi connectivity index (χ2n) is 12.0. The van der Waals surface area contributed by atoms with Crippen LogP contribution in [-0.2, 0) is 10.8 Å². The molecule has 0 bridgehead atoms. The molecular weight excluding hydrogens is 460 g/mol. The zero-order chi connectivity index (χ0) is 26.7. The number of rotatable bonds is 5. The molecule has 0 amide bonds. The van der Waals surface area contributed by atoms with Crippen molar-refractivity contribution in [3.8, 4) is 0 Å². The van der Waals surface area contributed by atoms with Crippen LogP contribution in [-0.4, -0.2) is 19.1 Å². The van der Waals surface area contributed by atoms with Gasteiger partial charge in [-0.25, -0.2) is 0 Å². The van der Waals surface area contributed by atoms with Crippen molar-refractivity contribution in [3.05, 3.63) is 108 Å². The Labute approximate surface area is 228 Å². The van der Waals surface area contributed by atoms with Crippen LogP contribution < -0.4 is 9.80 Å². The van der Waals surface area contributed by atoms with Gasteiger partial charge < -0.3 is 9.80 Å². The van der Waals surface area contributed by atoms with E-state index in [1.54, 1.807) is 0 Å². The monoisotopic (exact) mass is 500 g/mol. The average Bonchev–Trinajstić information content (AvgIpc) is 3.27. The fourth-order valence-electron chi connectivity index (χ4n) is 7.33. The molecule has 1 atom stereocenters. The number of fused-ring (bicyclic) bond motifs is 6. The van der Waals surface area contributed by atoms with E-state index in [1.165, 1.54) is 49.7 Å². The number of anilines is 2. The molecular formula is C36H40N2. The molecule has 0 aliphatic carbocycles. The van der Waals surface area contributed by atoms with Crippen LogP contribution in [0.4, 0.5) is 11.4 Å². The molecule has 4 aromatic rings. The van der Waals surface area contributed by atoms with Gasteiger partial charge in [-0.15, -0.1) is 0 Å². The lowest BCUT2D eigenvalue weighted by Gasteiger charge is -2.32. The van der Waals surface area contributed by atoms with E-state index in [9.17, 15) is 0 Å². The third kappa shape index (κ3) is 3.53. The van der Waals surface area contributed by atoms with E-state index < -0.39 is 0 Å². The van der Waals surface area contributed by atoms with Crippen molar-refractivity contribution in [1.82, 2.24) is 0 Å². The summed E-state index contributed by atoms with van der Waals surface area (Å²) in [5, 5.41) is 5.41. The van der Waals surface area contributed by atoms with Gasteiger partial charge >= 0.3 is 0 Å². The maximum absolute atomic E-state index is 2.59. The van der Waals surface area contributed by atoms with Crippen molar-refractivity contribution in [3.63, 3.8) is 0 Å². The molecule has 38 heavy (non-hydrogen) atoms. The zero-order valence-electron chi connectivity index (χ0n) is 23.8. The van der Waals surface area contributed by atoms with Crippen molar-refractivity contribution >= 4 is 32.9 Å². The predicted octanol–water partition coefficient (Wildman–Crippen LogP) is 9.13. The highest BCUT2D eigenvalue weighted by atomic mass is 15.2. The second-order valence-corrected chi connectivity index (χ2v) is 12.0. The quantitative estimate of drug-likeness (QED) is 0.269. The largest absolute Gasteiger partial charge is 0.364 e. The lowest BCUT2D eigenvalue weighted by molar-refractivity contribution is 0.481. The van der Waals surface area contributed by atoms with Gasteiger partial charge in [0.2, 0.25) is 0 Å². The highest BCUT2D eigenvalue weighted by Gasteiger charge is 2.44. The van der Waals surface area contributed by atoms with Gasteiger partial charge in [0, 0.05) is 41.0 Å². The molecule has 0 aromatic heterocycles. The molecule has 194 valence electrons. The Morgan fingerprint density at radius 1 is 0.737 bits per heavy atom. The number of benzene rings is 4. The fourth-order valence-corrected chi connectivity index (χ4v) is 7.33. The number of hydrogen-bond acceptors (Lipinski definition) is 2. The highest BCUT2D eigenvalue weighted by molar-refractivity contribution is 5.95. The van der Waals surface area contributed by atoms with Crippen LogP contribution in [0.3, 0.4) is 0 Å². The van der Waals surface area contributed by atoms with Gasteiger partial charge in [-0.05, 0) is 64.2 Å². The van der Waals surface area contributed by atoms with Crippen molar-refractivity contribution in [2.24, 2.45) is 0 Å². The Morgan fingerprint density at radius 2 is 1.34 bits per heavy atom. The number of nitrogens with zero attached hydrogens (tertiary/aromatic N) is 2. The smallest absolute Gasteiger partial charge is 0.0568 e. The van der Waals surface area contributed by atoms with Gasteiger partial charge in [0.15, 0.2) is 0 Å². The van der Waals surface area contributed by atoms with E-state index in [0.717, 1.165) is 19.5 Å². The van der Waals surface area contributed by atoms with Crippen molar-refractivity contribution in [2.45, 2.75) is 64.8 Å². The van der Waals surface area contributed by atoms with E-state index in [4.69, 9.17) is 0 Å². The molecule has 2 aliphatic rings. The van der Waals surface area contributed by atoms with Gasteiger partial charge in [-0.1, -0.05) is 107 Å². The first-order chi connectivity index (χ1) is 18.3. The van der Waals surface area contributed by atoms with Gasteiger partial charge in [0.25, 0.3) is 0 Å². The Balaban J connectivity index is 1.42. The molecule has 0 fully saturated rings. The van der Waals surface area contributed by atoms with Crippen LogP contribution in [0.1, 0.15) is 59.1 Å². The third-order valence-electron chi connectivity index (χ3n) is 9.03. The number of hydrogen-bond donors (Lipinski definition) is 0. The van der Waals surface area contributed by atoms with Crippen LogP contribution >= 0.6 is 0 Å². The van der Waals surface area contributed by atoms with Crippen molar-refractivity contribution in [1.29, 1.82) is 0 Å². The van der Waals surface area contributed by atoms with Crippen LogP contribution in [0, 0.1) is 0 Å². The summed E-state index contributed by atoms with van der Waals surface area (Å²) in [5.74, 6) is 0. The first-order valence-corrected chi connectivity index (χ1v) is 14.3. The summed E-state index contributed by atoms with van der Waals surface area (Å²) in [6.07, 6.45) is 8.31. The lowest BCUT2D eigenvalue weighted by atomic mass is 9.78. The minimum Gasteiger partial charge on any atom is -0.364 e. The molecule has 0 saturated heterocycles. The van der Waals surface area contributed by atoms with Gasteiger partial charge in [-0.3, -0.25) is 0 Å². The Kier molecular flexibility index (Phi) is 5.90. The molecule has 2 heteroatoms. The molecule has 0 saturated carbocycles. The Morgan fingerprint density at radius 3 is 1.97 bits per heavy atom. The molecule has 2 aliphatic heterocycles. The maximum Gasteiger partial charge on any atom is 0.0568 e. The summed E-state index contributed by atoms with van der Waals surface area (Å²) >= 11 is 0. The molecule has 6 rings (SSSR count). The van der Waals surface area contributed by atoms with E-state index in [0.29, 0.717) is 6.04 Å². The first-order valence-electron chi connectivity index (χ1n) is 14.3. The number of likely N-dealkylation sites (N-methyl/N-ethyl adjacent to an activating group) is 1. The van der Waals surface area contributed by atoms with Crippen LogP contribution in [0.25, 0.3) is 21.5 Å². The van der Waals surface area contributed by atoms with E-state index in [2.05, 4.69) is 142 Å². The molecule has 0 radical (unpaired) electrons. The molecule has 4 aromatic carbocycles. The molecule has 2 heterocycles. The first kappa shape index (κ1) is 24.8. The van der Waals surface area contributed by atoms with Crippen molar-refractivity contribution in [2.75, 3.05) is 22.9 Å². The molecule has 1 unspecified atom stereocenters. The normalized spacial score (nSPS) is 20.7. The zero-order valence-corrected chi connectivity index (χ0v) is 23.8. The Hall–Kier alpha value is -3.52.